The fourth-order valence-corrected chi connectivity index (χ4v) is 3.11. The molecule has 7 heteroatoms. The van der Waals surface area contributed by atoms with Crippen LogP contribution >= 0.6 is 11.6 Å². The van der Waals surface area contributed by atoms with E-state index in [4.69, 9.17) is 11.6 Å². The lowest BCUT2D eigenvalue weighted by atomic mass is 9.90. The van der Waals surface area contributed by atoms with Crippen molar-refractivity contribution in [3.63, 3.8) is 0 Å². The smallest absolute Gasteiger partial charge is 0.235 e. The van der Waals surface area contributed by atoms with Crippen molar-refractivity contribution in [3.8, 4) is 6.07 Å². The molecule has 0 aromatic heterocycles. The number of piperazine rings is 1. The van der Waals surface area contributed by atoms with Gasteiger partial charge in [-0.15, -0.1) is 0 Å². The zero-order valence-corrected chi connectivity index (χ0v) is 16.9. The van der Waals surface area contributed by atoms with E-state index in [9.17, 15) is 14.9 Å². The van der Waals surface area contributed by atoms with Crippen molar-refractivity contribution in [2.24, 2.45) is 5.92 Å². The Morgan fingerprint density at radius 3 is 2.44 bits per heavy atom. The van der Waals surface area contributed by atoms with Gasteiger partial charge in [0.2, 0.25) is 11.8 Å². The van der Waals surface area contributed by atoms with Gasteiger partial charge in [0.05, 0.1) is 19.0 Å². The summed E-state index contributed by atoms with van der Waals surface area (Å²) in [6, 6.07) is 9.55. The summed E-state index contributed by atoms with van der Waals surface area (Å²) in [5, 5.41) is 12.7. The molecule has 1 aliphatic rings. The first kappa shape index (κ1) is 21.2. The number of carbonyl (C=O) groups excluding carboxylic acids is 2. The fraction of sp³-hybridized carbons (Fsp3) is 0.550. The van der Waals surface area contributed by atoms with E-state index in [1.807, 2.05) is 41.8 Å². The molecule has 1 unspecified atom stereocenters. The minimum absolute atomic E-state index is 0.0192. The van der Waals surface area contributed by atoms with Crippen molar-refractivity contribution in [3.05, 3.63) is 34.9 Å². The number of rotatable bonds is 6. The summed E-state index contributed by atoms with van der Waals surface area (Å²) in [6.45, 7) is 8.21. The number of amides is 2. The summed E-state index contributed by atoms with van der Waals surface area (Å²) in [5.41, 5.74) is -0.0421. The number of benzene rings is 1. The second-order valence-electron chi connectivity index (χ2n) is 7.44. The maximum Gasteiger partial charge on any atom is 0.235 e. The molecule has 0 radical (unpaired) electrons. The molecule has 146 valence electrons. The van der Waals surface area contributed by atoms with E-state index < -0.39 is 5.54 Å². The largest absolute Gasteiger partial charge is 0.340 e. The van der Waals surface area contributed by atoms with Crippen molar-refractivity contribution >= 4 is 23.4 Å². The molecule has 1 fully saturated rings. The quantitative estimate of drug-likeness (QED) is 0.806. The number of nitrogens with one attached hydrogen (secondary N) is 1. The predicted molar refractivity (Wildman–Crippen MR) is 105 cm³/mol. The predicted octanol–water partition coefficient (Wildman–Crippen LogP) is 2.08. The number of carbonyl (C=O) groups is 2. The monoisotopic (exact) mass is 390 g/mol. The van der Waals surface area contributed by atoms with E-state index in [0.717, 1.165) is 5.56 Å². The Bertz CT molecular complexity index is 723. The van der Waals surface area contributed by atoms with Crippen LogP contribution in [-0.4, -0.2) is 59.9 Å². The summed E-state index contributed by atoms with van der Waals surface area (Å²) in [4.78, 5) is 28.6. The van der Waals surface area contributed by atoms with E-state index in [-0.39, 0.29) is 30.7 Å². The summed E-state index contributed by atoms with van der Waals surface area (Å²) in [7, 11) is 0. The normalized spacial score (nSPS) is 17.3. The molecule has 2 amide bonds. The molecule has 6 nitrogen and oxygen atoms in total. The van der Waals surface area contributed by atoms with E-state index in [1.165, 1.54) is 0 Å². The second kappa shape index (κ2) is 9.20. The third kappa shape index (κ3) is 5.69. The second-order valence-corrected chi connectivity index (χ2v) is 7.85. The molecule has 1 aliphatic heterocycles. The Hall–Kier alpha value is -2.10. The molecule has 0 aliphatic carbocycles. The minimum Gasteiger partial charge on any atom is -0.340 e. The van der Waals surface area contributed by atoms with Crippen LogP contribution in [0.1, 0.15) is 26.3 Å². The number of halogens is 1. The van der Waals surface area contributed by atoms with Crippen molar-refractivity contribution < 1.29 is 9.59 Å². The van der Waals surface area contributed by atoms with E-state index in [2.05, 4.69) is 11.4 Å². The molecule has 1 saturated heterocycles. The zero-order valence-electron chi connectivity index (χ0n) is 16.2. The van der Waals surface area contributed by atoms with Crippen molar-refractivity contribution in [1.29, 1.82) is 5.26 Å². The molecular formula is C20H27ClN4O2. The van der Waals surface area contributed by atoms with Gasteiger partial charge in [0.1, 0.15) is 5.54 Å². The first-order valence-corrected chi connectivity index (χ1v) is 9.58. The van der Waals surface area contributed by atoms with Gasteiger partial charge in [0, 0.05) is 31.2 Å². The molecule has 1 atom stereocenters. The van der Waals surface area contributed by atoms with E-state index in [0.29, 0.717) is 31.2 Å². The highest BCUT2D eigenvalue weighted by atomic mass is 35.5. The van der Waals surface area contributed by atoms with Crippen LogP contribution in [0.5, 0.6) is 0 Å². The fourth-order valence-electron chi connectivity index (χ4n) is 2.91. The van der Waals surface area contributed by atoms with Gasteiger partial charge in [-0.05, 0) is 24.5 Å². The molecule has 1 aromatic carbocycles. The molecule has 0 saturated carbocycles. The van der Waals surface area contributed by atoms with Crippen LogP contribution < -0.4 is 5.32 Å². The van der Waals surface area contributed by atoms with Crippen molar-refractivity contribution in [2.45, 2.75) is 32.7 Å². The van der Waals surface area contributed by atoms with Crippen LogP contribution in [0.25, 0.3) is 0 Å². The van der Waals surface area contributed by atoms with Gasteiger partial charge in [0.15, 0.2) is 0 Å². The Balaban J connectivity index is 1.81. The summed E-state index contributed by atoms with van der Waals surface area (Å²) < 4.78 is 0. The Labute approximate surface area is 166 Å². The van der Waals surface area contributed by atoms with Crippen LogP contribution in [0.2, 0.25) is 5.02 Å². The van der Waals surface area contributed by atoms with Crippen LogP contribution in [-0.2, 0) is 16.0 Å². The number of nitriles is 1. The highest BCUT2D eigenvalue weighted by Gasteiger charge is 2.31. The van der Waals surface area contributed by atoms with Gasteiger partial charge >= 0.3 is 0 Å². The highest BCUT2D eigenvalue weighted by molar-refractivity contribution is 6.31. The topological polar surface area (TPSA) is 76.4 Å². The van der Waals surface area contributed by atoms with Gasteiger partial charge in [-0.25, -0.2) is 0 Å². The van der Waals surface area contributed by atoms with Gasteiger partial charge in [-0.1, -0.05) is 43.6 Å². The maximum atomic E-state index is 12.5. The summed E-state index contributed by atoms with van der Waals surface area (Å²) in [5.74, 6) is -0.0987. The van der Waals surface area contributed by atoms with E-state index >= 15 is 0 Å². The Kier molecular flexibility index (Phi) is 7.23. The molecular weight excluding hydrogens is 364 g/mol. The third-order valence-electron chi connectivity index (χ3n) is 5.18. The van der Waals surface area contributed by atoms with Gasteiger partial charge in [-0.2, -0.15) is 5.26 Å². The molecule has 1 aromatic rings. The molecule has 27 heavy (non-hydrogen) atoms. The lowest BCUT2D eigenvalue weighted by Crippen LogP contribution is -2.55. The first-order valence-electron chi connectivity index (χ1n) is 9.21. The van der Waals surface area contributed by atoms with Crippen LogP contribution in [0.15, 0.2) is 24.3 Å². The number of hydrogen-bond acceptors (Lipinski definition) is 4. The number of nitrogens with zero attached hydrogens (tertiary/aromatic N) is 3. The SMILES string of the molecule is CC(C)C(C)(C#N)NC(=O)CN1CCN(C(=O)Cc2ccccc2Cl)CC1. The maximum absolute atomic E-state index is 12.5. The molecule has 1 N–H and O–H groups in total. The highest BCUT2D eigenvalue weighted by Crippen LogP contribution is 2.17. The summed E-state index contributed by atoms with van der Waals surface area (Å²) >= 11 is 6.13. The number of hydrogen-bond donors (Lipinski definition) is 1. The van der Waals surface area contributed by atoms with Crippen LogP contribution in [0.3, 0.4) is 0 Å². The minimum atomic E-state index is -0.871. The molecule has 1 heterocycles. The van der Waals surface area contributed by atoms with Crippen LogP contribution in [0.4, 0.5) is 0 Å². The lowest BCUT2D eigenvalue weighted by molar-refractivity contribution is -0.132. The van der Waals surface area contributed by atoms with Gasteiger partial charge in [0.25, 0.3) is 0 Å². The average Bonchev–Trinajstić information content (AvgIpc) is 2.63. The van der Waals surface area contributed by atoms with Crippen molar-refractivity contribution in [1.82, 2.24) is 15.1 Å². The van der Waals surface area contributed by atoms with Crippen LogP contribution in [0, 0.1) is 17.2 Å². The van der Waals surface area contributed by atoms with Crippen molar-refractivity contribution in [2.75, 3.05) is 32.7 Å². The lowest BCUT2D eigenvalue weighted by Gasteiger charge is -2.35. The molecule has 2 rings (SSSR count). The Morgan fingerprint density at radius 2 is 1.89 bits per heavy atom. The molecule has 0 spiro atoms. The first-order chi connectivity index (χ1) is 12.7. The van der Waals surface area contributed by atoms with Gasteiger partial charge < -0.3 is 10.2 Å². The molecule has 0 bridgehead atoms. The van der Waals surface area contributed by atoms with E-state index in [1.54, 1.807) is 13.0 Å². The average molecular weight is 391 g/mol. The summed E-state index contributed by atoms with van der Waals surface area (Å²) in [6.07, 6.45) is 0.287. The Morgan fingerprint density at radius 1 is 1.26 bits per heavy atom. The third-order valence-corrected chi connectivity index (χ3v) is 5.55. The standard InChI is InChI=1S/C20H27ClN4O2/c1-15(2)20(3,14-22)23-18(26)13-24-8-10-25(11-9-24)19(27)12-16-6-4-5-7-17(16)21/h4-7,15H,8-13H2,1-3H3,(H,23,26). The zero-order chi connectivity index (χ0) is 20.0. The van der Waals surface area contributed by atoms with Gasteiger partial charge in [-0.3, -0.25) is 14.5 Å².